The van der Waals surface area contributed by atoms with Crippen LogP contribution in [0.5, 0.6) is 5.75 Å². The molecule has 0 saturated carbocycles. The van der Waals surface area contributed by atoms with Crippen LogP contribution in [0.25, 0.3) is 0 Å². The predicted octanol–water partition coefficient (Wildman–Crippen LogP) is 2.01. The van der Waals surface area contributed by atoms with E-state index in [0.29, 0.717) is 13.0 Å². The van der Waals surface area contributed by atoms with Crippen LogP contribution in [0, 0.1) is 6.92 Å². The monoisotopic (exact) mass is 264 g/mol. The Hall–Kier alpha value is -1.55. The molecule has 106 valence electrons. The topological polar surface area (TPSA) is 64.4 Å². The van der Waals surface area contributed by atoms with Gasteiger partial charge in [0.15, 0.2) is 0 Å². The Bertz CT molecular complexity index is 390. The number of hydrogen-bond donors (Lipinski definition) is 2. The number of amides is 1. The van der Waals surface area contributed by atoms with E-state index in [1.807, 2.05) is 45.0 Å². The van der Waals surface area contributed by atoms with Crippen LogP contribution in [0.3, 0.4) is 0 Å². The molecule has 0 aliphatic rings. The molecule has 1 rings (SSSR count). The first kappa shape index (κ1) is 15.5. The summed E-state index contributed by atoms with van der Waals surface area (Å²) in [6.07, 6.45) is 1.61. The summed E-state index contributed by atoms with van der Waals surface area (Å²) in [4.78, 5) is 11.7. The van der Waals surface area contributed by atoms with Gasteiger partial charge < -0.3 is 15.8 Å². The standard InChI is InChI=1S/C15H24N2O2/c1-4-5-14(16)15(18)17-12(3)10-19-13-8-6-11(2)7-9-13/h6-9,12,14H,4-5,10,16H2,1-3H3,(H,17,18)/t12?,14-/m0/s1. The van der Waals surface area contributed by atoms with Crippen LogP contribution in [-0.2, 0) is 4.79 Å². The number of aryl methyl sites for hydroxylation is 1. The number of carbonyl (C=O) groups is 1. The summed E-state index contributed by atoms with van der Waals surface area (Å²) in [5, 5.41) is 2.86. The fraction of sp³-hybridized carbons (Fsp3) is 0.533. The summed E-state index contributed by atoms with van der Waals surface area (Å²) in [6, 6.07) is 7.36. The van der Waals surface area contributed by atoms with Gasteiger partial charge in [-0.25, -0.2) is 0 Å². The fourth-order valence-corrected chi connectivity index (χ4v) is 1.69. The van der Waals surface area contributed by atoms with E-state index in [9.17, 15) is 4.79 Å². The SMILES string of the molecule is CCC[C@H](N)C(=O)NC(C)COc1ccc(C)cc1. The molecule has 4 nitrogen and oxygen atoms in total. The van der Waals surface area contributed by atoms with Gasteiger partial charge in [-0.05, 0) is 32.4 Å². The first-order chi connectivity index (χ1) is 9.02. The minimum atomic E-state index is -0.424. The molecule has 0 heterocycles. The number of carbonyl (C=O) groups excluding carboxylic acids is 1. The zero-order valence-corrected chi connectivity index (χ0v) is 12.0. The number of nitrogens with one attached hydrogen (secondary N) is 1. The maximum absolute atomic E-state index is 11.7. The van der Waals surface area contributed by atoms with Gasteiger partial charge in [-0.3, -0.25) is 4.79 Å². The number of ether oxygens (including phenoxy) is 1. The highest BCUT2D eigenvalue weighted by atomic mass is 16.5. The van der Waals surface area contributed by atoms with Gasteiger partial charge in [0, 0.05) is 0 Å². The highest BCUT2D eigenvalue weighted by Crippen LogP contribution is 2.11. The van der Waals surface area contributed by atoms with Gasteiger partial charge in [-0.15, -0.1) is 0 Å². The second kappa shape index (κ2) is 7.79. The Balaban J connectivity index is 2.33. The van der Waals surface area contributed by atoms with Crippen molar-refractivity contribution in [3.8, 4) is 5.75 Å². The third-order valence-electron chi connectivity index (χ3n) is 2.85. The van der Waals surface area contributed by atoms with Crippen LogP contribution in [0.1, 0.15) is 32.3 Å². The van der Waals surface area contributed by atoms with Crippen molar-refractivity contribution in [2.24, 2.45) is 5.73 Å². The minimum Gasteiger partial charge on any atom is -0.491 e. The van der Waals surface area contributed by atoms with Crippen LogP contribution >= 0.6 is 0 Å². The molecule has 1 amide bonds. The van der Waals surface area contributed by atoms with E-state index < -0.39 is 6.04 Å². The summed E-state index contributed by atoms with van der Waals surface area (Å²) in [5.74, 6) is 0.700. The normalized spacial score (nSPS) is 13.7. The zero-order valence-electron chi connectivity index (χ0n) is 12.0. The average Bonchev–Trinajstić information content (AvgIpc) is 2.38. The lowest BCUT2D eigenvalue weighted by molar-refractivity contribution is -0.123. The van der Waals surface area contributed by atoms with Gasteiger partial charge in [0.05, 0.1) is 12.1 Å². The Morgan fingerprint density at radius 3 is 2.58 bits per heavy atom. The fourth-order valence-electron chi connectivity index (χ4n) is 1.69. The van der Waals surface area contributed by atoms with Crippen LogP contribution in [-0.4, -0.2) is 24.6 Å². The molecular weight excluding hydrogens is 240 g/mol. The molecular formula is C15H24N2O2. The molecule has 0 aliphatic heterocycles. The van der Waals surface area contributed by atoms with Crippen molar-refractivity contribution in [2.75, 3.05) is 6.61 Å². The van der Waals surface area contributed by atoms with Crippen LogP contribution in [0.4, 0.5) is 0 Å². The van der Waals surface area contributed by atoms with E-state index in [2.05, 4.69) is 5.32 Å². The zero-order chi connectivity index (χ0) is 14.3. The van der Waals surface area contributed by atoms with Crippen molar-refractivity contribution < 1.29 is 9.53 Å². The molecule has 3 N–H and O–H groups in total. The molecule has 2 atom stereocenters. The molecule has 19 heavy (non-hydrogen) atoms. The molecule has 1 aromatic rings. The van der Waals surface area contributed by atoms with Gasteiger partial charge in [-0.1, -0.05) is 31.0 Å². The first-order valence-electron chi connectivity index (χ1n) is 6.78. The van der Waals surface area contributed by atoms with Crippen molar-refractivity contribution in [3.05, 3.63) is 29.8 Å². The Kier molecular flexibility index (Phi) is 6.36. The van der Waals surface area contributed by atoms with E-state index in [4.69, 9.17) is 10.5 Å². The molecule has 0 spiro atoms. The molecule has 0 radical (unpaired) electrons. The van der Waals surface area contributed by atoms with Crippen LogP contribution in [0.15, 0.2) is 24.3 Å². The smallest absolute Gasteiger partial charge is 0.237 e. The number of hydrogen-bond acceptors (Lipinski definition) is 3. The molecule has 0 aliphatic carbocycles. The summed E-state index contributed by atoms with van der Waals surface area (Å²) < 4.78 is 5.61. The summed E-state index contributed by atoms with van der Waals surface area (Å²) >= 11 is 0. The second-order valence-corrected chi connectivity index (χ2v) is 4.93. The maximum atomic E-state index is 11.7. The molecule has 0 bridgehead atoms. The molecule has 4 heteroatoms. The van der Waals surface area contributed by atoms with Crippen molar-refractivity contribution >= 4 is 5.91 Å². The lowest BCUT2D eigenvalue weighted by Crippen LogP contribution is -2.46. The lowest BCUT2D eigenvalue weighted by Gasteiger charge is -2.17. The van der Waals surface area contributed by atoms with Gasteiger partial charge >= 0.3 is 0 Å². The van der Waals surface area contributed by atoms with E-state index in [1.165, 1.54) is 5.56 Å². The molecule has 1 unspecified atom stereocenters. The molecule has 0 fully saturated rings. The van der Waals surface area contributed by atoms with Crippen molar-refractivity contribution in [1.29, 1.82) is 0 Å². The van der Waals surface area contributed by atoms with Crippen molar-refractivity contribution in [1.82, 2.24) is 5.32 Å². The largest absolute Gasteiger partial charge is 0.491 e. The van der Waals surface area contributed by atoms with Gasteiger partial charge in [-0.2, -0.15) is 0 Å². The van der Waals surface area contributed by atoms with Crippen LogP contribution < -0.4 is 15.8 Å². The van der Waals surface area contributed by atoms with Gasteiger partial charge in [0.25, 0.3) is 0 Å². The quantitative estimate of drug-likeness (QED) is 0.791. The van der Waals surface area contributed by atoms with Crippen LogP contribution in [0.2, 0.25) is 0 Å². The average molecular weight is 264 g/mol. The van der Waals surface area contributed by atoms with Crippen molar-refractivity contribution in [2.45, 2.75) is 45.7 Å². The minimum absolute atomic E-state index is 0.0586. The van der Waals surface area contributed by atoms with E-state index >= 15 is 0 Å². The Morgan fingerprint density at radius 1 is 1.37 bits per heavy atom. The third kappa shape index (κ3) is 5.75. The second-order valence-electron chi connectivity index (χ2n) is 4.93. The lowest BCUT2D eigenvalue weighted by atomic mass is 10.1. The Labute approximate surface area is 115 Å². The number of rotatable bonds is 7. The van der Waals surface area contributed by atoms with E-state index in [-0.39, 0.29) is 11.9 Å². The summed E-state index contributed by atoms with van der Waals surface area (Å²) in [7, 11) is 0. The third-order valence-corrected chi connectivity index (χ3v) is 2.85. The van der Waals surface area contributed by atoms with E-state index in [1.54, 1.807) is 0 Å². The van der Waals surface area contributed by atoms with Gasteiger partial charge in [0.2, 0.25) is 5.91 Å². The number of benzene rings is 1. The molecule has 0 saturated heterocycles. The summed E-state index contributed by atoms with van der Waals surface area (Å²) in [5.41, 5.74) is 6.94. The Morgan fingerprint density at radius 2 is 2.00 bits per heavy atom. The molecule has 0 aromatic heterocycles. The van der Waals surface area contributed by atoms with Gasteiger partial charge in [0.1, 0.15) is 12.4 Å². The summed E-state index contributed by atoms with van der Waals surface area (Å²) in [6.45, 7) is 6.39. The highest BCUT2D eigenvalue weighted by molar-refractivity contribution is 5.81. The highest BCUT2D eigenvalue weighted by Gasteiger charge is 2.14. The first-order valence-corrected chi connectivity index (χ1v) is 6.78. The number of nitrogens with two attached hydrogens (primary N) is 1. The molecule has 1 aromatic carbocycles. The maximum Gasteiger partial charge on any atom is 0.237 e. The van der Waals surface area contributed by atoms with E-state index in [0.717, 1.165) is 12.2 Å². The van der Waals surface area contributed by atoms with Crippen molar-refractivity contribution in [3.63, 3.8) is 0 Å². The predicted molar refractivity (Wildman–Crippen MR) is 77.2 cm³/mol.